The molecule has 1 N–H and O–H groups in total. The van der Waals surface area contributed by atoms with Gasteiger partial charge < -0.3 is 14.6 Å². The van der Waals surface area contributed by atoms with Crippen molar-refractivity contribution in [1.29, 1.82) is 0 Å². The molecule has 1 heterocycles. The topological polar surface area (TPSA) is 51.6 Å². The molecule has 0 atom stereocenters. The van der Waals surface area contributed by atoms with Crippen LogP contribution in [0.3, 0.4) is 0 Å². The van der Waals surface area contributed by atoms with Gasteiger partial charge in [0, 0.05) is 28.6 Å². The van der Waals surface area contributed by atoms with Crippen molar-refractivity contribution in [2.24, 2.45) is 0 Å². The Bertz CT molecular complexity index is 1020. The van der Waals surface area contributed by atoms with Crippen molar-refractivity contribution in [2.75, 3.05) is 14.2 Å². The van der Waals surface area contributed by atoms with E-state index in [-0.39, 0.29) is 5.82 Å². The first kappa shape index (κ1) is 20.8. The molecule has 5 heteroatoms. The van der Waals surface area contributed by atoms with Crippen LogP contribution in [0, 0.1) is 19.7 Å². The van der Waals surface area contributed by atoms with Crippen LogP contribution in [0.25, 0.3) is 22.3 Å². The van der Waals surface area contributed by atoms with E-state index in [1.54, 1.807) is 46.3 Å². The average molecular weight is 395 g/mol. The summed E-state index contributed by atoms with van der Waals surface area (Å²) in [6.45, 7) is 7.28. The predicted octanol–water partition coefficient (Wildman–Crippen LogP) is 5.42. The second-order valence-corrected chi connectivity index (χ2v) is 7.57. The number of aryl methyl sites for hydroxylation is 2. The Morgan fingerprint density at radius 3 is 1.86 bits per heavy atom. The molecule has 0 unspecified atom stereocenters. The number of hydrogen-bond donors (Lipinski definition) is 1. The molecular weight excluding hydrogens is 369 g/mol. The van der Waals surface area contributed by atoms with Crippen molar-refractivity contribution in [2.45, 2.75) is 33.3 Å². The van der Waals surface area contributed by atoms with Gasteiger partial charge in [0.15, 0.2) is 0 Å². The largest absolute Gasteiger partial charge is 0.497 e. The molecule has 3 aromatic rings. The molecule has 29 heavy (non-hydrogen) atoms. The van der Waals surface area contributed by atoms with E-state index >= 15 is 0 Å². The number of pyridine rings is 1. The van der Waals surface area contributed by atoms with Gasteiger partial charge in [-0.15, -0.1) is 0 Å². The van der Waals surface area contributed by atoms with Crippen LogP contribution in [0.2, 0.25) is 0 Å². The first-order chi connectivity index (χ1) is 13.7. The summed E-state index contributed by atoms with van der Waals surface area (Å²) < 4.78 is 24.5. The van der Waals surface area contributed by atoms with Crippen LogP contribution in [0.5, 0.6) is 11.5 Å². The minimum atomic E-state index is -1.15. The number of hydrogen-bond acceptors (Lipinski definition) is 4. The van der Waals surface area contributed by atoms with Crippen LogP contribution in [0.1, 0.15) is 30.8 Å². The van der Waals surface area contributed by atoms with Crippen molar-refractivity contribution >= 4 is 0 Å². The minimum Gasteiger partial charge on any atom is -0.497 e. The van der Waals surface area contributed by atoms with Crippen LogP contribution < -0.4 is 9.47 Å². The van der Waals surface area contributed by atoms with Crippen LogP contribution >= 0.6 is 0 Å². The van der Waals surface area contributed by atoms with Gasteiger partial charge in [-0.25, -0.2) is 4.39 Å². The molecule has 0 aliphatic heterocycles. The molecule has 4 nitrogen and oxygen atoms in total. The molecule has 0 amide bonds. The van der Waals surface area contributed by atoms with Gasteiger partial charge in [-0.05, 0) is 68.7 Å². The molecule has 152 valence electrons. The highest BCUT2D eigenvalue weighted by molar-refractivity contribution is 5.89. The van der Waals surface area contributed by atoms with E-state index in [0.717, 1.165) is 33.6 Å². The minimum absolute atomic E-state index is 0.307. The van der Waals surface area contributed by atoms with Crippen molar-refractivity contribution in [3.63, 3.8) is 0 Å². The molecule has 1 aromatic heterocycles. The molecule has 2 aromatic carbocycles. The number of benzene rings is 2. The average Bonchev–Trinajstić information content (AvgIpc) is 2.66. The zero-order chi connectivity index (χ0) is 21.3. The van der Waals surface area contributed by atoms with Crippen molar-refractivity contribution < 1.29 is 19.0 Å². The third kappa shape index (κ3) is 4.10. The summed E-state index contributed by atoms with van der Waals surface area (Å²) in [5.41, 5.74) is 4.39. The predicted molar refractivity (Wildman–Crippen MR) is 113 cm³/mol. The lowest BCUT2D eigenvalue weighted by Crippen LogP contribution is -2.20. The lowest BCUT2D eigenvalue weighted by atomic mass is 9.83. The quantitative estimate of drug-likeness (QED) is 0.627. The zero-order valence-electron chi connectivity index (χ0n) is 17.6. The first-order valence-corrected chi connectivity index (χ1v) is 9.39. The van der Waals surface area contributed by atoms with Crippen LogP contribution in [-0.2, 0) is 5.60 Å². The van der Waals surface area contributed by atoms with Crippen LogP contribution in [0.4, 0.5) is 4.39 Å². The maximum Gasteiger partial charge on any atom is 0.123 e. The van der Waals surface area contributed by atoms with Crippen LogP contribution in [-0.4, -0.2) is 24.3 Å². The summed E-state index contributed by atoms with van der Waals surface area (Å²) in [5.74, 6) is 0.968. The second kappa shape index (κ2) is 7.84. The molecule has 0 saturated carbocycles. The fraction of sp³-hybridized carbons (Fsp3) is 0.292. The molecular formula is C24H26FNO3. The Morgan fingerprint density at radius 2 is 1.38 bits per heavy atom. The molecule has 3 rings (SSSR count). The molecule has 0 radical (unpaired) electrons. The molecule has 0 fully saturated rings. The van der Waals surface area contributed by atoms with Gasteiger partial charge in [0.05, 0.1) is 19.8 Å². The van der Waals surface area contributed by atoms with Gasteiger partial charge in [-0.1, -0.05) is 12.1 Å². The summed E-state index contributed by atoms with van der Waals surface area (Å²) in [4.78, 5) is 4.69. The highest BCUT2D eigenvalue weighted by atomic mass is 19.1. The maximum atomic E-state index is 13.6. The first-order valence-electron chi connectivity index (χ1n) is 9.39. The lowest BCUT2D eigenvalue weighted by molar-refractivity contribution is 0.0781. The third-order valence-electron chi connectivity index (χ3n) is 4.94. The maximum absolute atomic E-state index is 13.6. The standard InChI is InChI=1S/C24H26FNO3/c1-14-21(16-7-9-18(25)10-8-16)22(23(15(2)26-14)24(3,4)27)17-11-19(28-5)13-20(12-17)29-6/h7-13,27H,1-6H3. The Kier molecular flexibility index (Phi) is 5.62. The Hall–Kier alpha value is -2.92. The highest BCUT2D eigenvalue weighted by Crippen LogP contribution is 2.44. The number of aliphatic hydroxyl groups is 1. The monoisotopic (exact) mass is 395 g/mol. The highest BCUT2D eigenvalue weighted by Gasteiger charge is 2.28. The Balaban J connectivity index is 2.47. The number of aromatic nitrogens is 1. The number of ether oxygens (including phenoxy) is 2. The van der Waals surface area contributed by atoms with E-state index in [9.17, 15) is 9.50 Å². The summed E-state index contributed by atoms with van der Waals surface area (Å²) in [6.07, 6.45) is 0. The van der Waals surface area contributed by atoms with Crippen molar-refractivity contribution in [3.05, 3.63) is 65.2 Å². The van der Waals surface area contributed by atoms with Gasteiger partial charge in [-0.3, -0.25) is 4.98 Å². The number of nitrogens with zero attached hydrogens (tertiary/aromatic N) is 1. The van der Waals surface area contributed by atoms with E-state index < -0.39 is 5.60 Å². The van der Waals surface area contributed by atoms with Gasteiger partial charge in [0.2, 0.25) is 0 Å². The summed E-state index contributed by atoms with van der Waals surface area (Å²) in [6, 6.07) is 11.9. The zero-order valence-corrected chi connectivity index (χ0v) is 17.6. The Labute approximate surface area is 171 Å². The molecule has 0 bridgehead atoms. The smallest absolute Gasteiger partial charge is 0.123 e. The SMILES string of the molecule is COc1cc(OC)cc(-c2c(-c3ccc(F)cc3)c(C)nc(C)c2C(C)(C)O)c1. The fourth-order valence-corrected chi connectivity index (χ4v) is 3.81. The molecule has 0 aliphatic carbocycles. The molecule has 0 aliphatic rings. The van der Waals surface area contributed by atoms with Gasteiger partial charge >= 0.3 is 0 Å². The Morgan fingerprint density at radius 1 is 0.828 bits per heavy atom. The third-order valence-corrected chi connectivity index (χ3v) is 4.94. The summed E-state index contributed by atoms with van der Waals surface area (Å²) in [7, 11) is 3.19. The normalized spacial score (nSPS) is 11.4. The van der Waals surface area contributed by atoms with Gasteiger partial charge in [0.25, 0.3) is 0 Å². The van der Waals surface area contributed by atoms with E-state index in [2.05, 4.69) is 0 Å². The van der Waals surface area contributed by atoms with E-state index in [1.165, 1.54) is 12.1 Å². The van der Waals surface area contributed by atoms with E-state index in [0.29, 0.717) is 17.1 Å². The number of halogens is 1. The molecule has 0 spiro atoms. The van der Waals surface area contributed by atoms with Crippen molar-refractivity contribution in [1.82, 2.24) is 4.98 Å². The van der Waals surface area contributed by atoms with Gasteiger partial charge in [-0.2, -0.15) is 0 Å². The molecule has 0 saturated heterocycles. The summed E-state index contributed by atoms with van der Waals surface area (Å²) in [5, 5.41) is 11.0. The van der Waals surface area contributed by atoms with Crippen molar-refractivity contribution in [3.8, 4) is 33.8 Å². The fourth-order valence-electron chi connectivity index (χ4n) is 3.81. The number of methoxy groups -OCH3 is 2. The number of rotatable bonds is 5. The second-order valence-electron chi connectivity index (χ2n) is 7.57. The summed E-state index contributed by atoms with van der Waals surface area (Å²) >= 11 is 0. The van der Waals surface area contributed by atoms with Crippen LogP contribution in [0.15, 0.2) is 42.5 Å². The van der Waals surface area contributed by atoms with E-state index in [4.69, 9.17) is 14.5 Å². The lowest BCUT2D eigenvalue weighted by Gasteiger charge is -2.27. The van der Waals surface area contributed by atoms with E-state index in [1.807, 2.05) is 26.0 Å². The van der Waals surface area contributed by atoms with Gasteiger partial charge in [0.1, 0.15) is 17.3 Å².